The maximum absolute atomic E-state index is 13.0. The molecule has 1 amide bonds. The van der Waals surface area contributed by atoms with Crippen LogP contribution in [-0.4, -0.2) is 60.9 Å². The first-order valence-electron chi connectivity index (χ1n) is 8.46. The number of fused-ring (bicyclic) bond motifs is 4. The Balaban J connectivity index is 2.05. The van der Waals surface area contributed by atoms with Gasteiger partial charge in [-0.25, -0.2) is 0 Å². The van der Waals surface area contributed by atoms with Crippen LogP contribution in [-0.2, 0) is 9.53 Å². The number of carbonyl (C=O) groups excluding carboxylic acids is 1. The van der Waals surface area contributed by atoms with E-state index in [2.05, 4.69) is 5.32 Å². The molecule has 0 saturated carbocycles. The number of para-hydroxylation sites is 1. The molecule has 7 heteroatoms. The fourth-order valence-corrected chi connectivity index (χ4v) is 4.14. The summed E-state index contributed by atoms with van der Waals surface area (Å²) in [5.74, 6) is 0.421. The first-order valence-corrected chi connectivity index (χ1v) is 8.87. The van der Waals surface area contributed by atoms with Crippen LogP contribution in [0.25, 0.3) is 0 Å². The molecular formula is C18H25N3O3S. The van der Waals surface area contributed by atoms with Crippen molar-refractivity contribution >= 4 is 23.2 Å². The highest BCUT2D eigenvalue weighted by Gasteiger charge is 2.58. The van der Waals surface area contributed by atoms with E-state index in [4.69, 9.17) is 21.7 Å². The average molecular weight is 363 g/mol. The maximum atomic E-state index is 13.0. The smallest absolute Gasteiger partial charge is 0.233 e. The molecule has 2 bridgehead atoms. The molecule has 2 heterocycles. The van der Waals surface area contributed by atoms with Crippen molar-refractivity contribution in [1.29, 1.82) is 0 Å². The summed E-state index contributed by atoms with van der Waals surface area (Å²) < 4.78 is 11.6. The number of hydrogen-bond acceptors (Lipinski definition) is 4. The van der Waals surface area contributed by atoms with E-state index in [9.17, 15) is 4.79 Å². The lowest BCUT2D eigenvalue weighted by molar-refractivity contribution is -0.161. The zero-order chi connectivity index (χ0) is 18.2. The summed E-state index contributed by atoms with van der Waals surface area (Å²) in [6, 6.07) is 7.64. The Morgan fingerprint density at radius 2 is 2.16 bits per heavy atom. The molecule has 2 aliphatic rings. The fraction of sp³-hybridized carbons (Fsp3) is 0.556. The second kappa shape index (κ2) is 6.80. The van der Waals surface area contributed by atoms with Crippen molar-refractivity contribution in [1.82, 2.24) is 15.1 Å². The average Bonchev–Trinajstić information content (AvgIpc) is 2.57. The maximum Gasteiger partial charge on any atom is 0.233 e. The molecule has 3 rings (SSSR count). The Morgan fingerprint density at radius 3 is 2.84 bits per heavy atom. The minimum Gasteiger partial charge on any atom is -0.467 e. The van der Waals surface area contributed by atoms with Gasteiger partial charge in [0.05, 0.1) is 6.04 Å². The van der Waals surface area contributed by atoms with Crippen LogP contribution in [0.1, 0.15) is 24.9 Å². The molecule has 0 spiro atoms. The number of ether oxygens (including phenoxy) is 2. The van der Waals surface area contributed by atoms with Gasteiger partial charge >= 0.3 is 0 Å². The van der Waals surface area contributed by atoms with Crippen LogP contribution in [0.5, 0.6) is 5.75 Å². The first kappa shape index (κ1) is 17.9. The highest BCUT2D eigenvalue weighted by Crippen LogP contribution is 2.48. The minimum atomic E-state index is -0.837. The van der Waals surface area contributed by atoms with Crippen molar-refractivity contribution in [3.63, 3.8) is 0 Å². The van der Waals surface area contributed by atoms with Gasteiger partial charge in [-0.3, -0.25) is 4.79 Å². The van der Waals surface area contributed by atoms with Gasteiger partial charge in [0.15, 0.2) is 10.8 Å². The number of carbonyl (C=O) groups is 1. The Labute approximate surface area is 154 Å². The van der Waals surface area contributed by atoms with Crippen molar-refractivity contribution in [2.75, 3.05) is 34.4 Å². The summed E-state index contributed by atoms with van der Waals surface area (Å²) >= 11 is 5.61. The van der Waals surface area contributed by atoms with Gasteiger partial charge in [-0.15, -0.1) is 0 Å². The summed E-state index contributed by atoms with van der Waals surface area (Å²) in [5.41, 5.74) is 0.135. The van der Waals surface area contributed by atoms with Crippen LogP contribution < -0.4 is 10.1 Å². The summed E-state index contributed by atoms with van der Waals surface area (Å²) in [6.45, 7) is 3.24. The predicted molar refractivity (Wildman–Crippen MR) is 99.3 cm³/mol. The zero-order valence-electron chi connectivity index (χ0n) is 15.1. The van der Waals surface area contributed by atoms with Gasteiger partial charge in [-0.05, 0) is 31.6 Å². The Bertz CT molecular complexity index is 681. The molecule has 0 radical (unpaired) electrons. The highest BCUT2D eigenvalue weighted by atomic mass is 32.1. The van der Waals surface area contributed by atoms with Crippen molar-refractivity contribution in [2.24, 2.45) is 5.92 Å². The van der Waals surface area contributed by atoms with Crippen LogP contribution in [0, 0.1) is 5.92 Å². The molecule has 6 nitrogen and oxygen atoms in total. The van der Waals surface area contributed by atoms with Crippen molar-refractivity contribution in [2.45, 2.75) is 25.1 Å². The third kappa shape index (κ3) is 2.95. The number of rotatable bonds is 5. The lowest BCUT2D eigenvalue weighted by Gasteiger charge is -2.56. The summed E-state index contributed by atoms with van der Waals surface area (Å²) in [7, 11) is 5.22. The molecule has 1 saturated heterocycles. The van der Waals surface area contributed by atoms with Crippen molar-refractivity contribution in [3.8, 4) is 5.75 Å². The van der Waals surface area contributed by atoms with Gasteiger partial charge in [-0.1, -0.05) is 18.2 Å². The summed E-state index contributed by atoms with van der Waals surface area (Å²) in [5, 5.41) is 3.99. The van der Waals surface area contributed by atoms with E-state index in [1.54, 1.807) is 26.1 Å². The van der Waals surface area contributed by atoms with Crippen LogP contribution in [0.3, 0.4) is 0 Å². The van der Waals surface area contributed by atoms with E-state index in [1.807, 2.05) is 36.1 Å². The van der Waals surface area contributed by atoms with E-state index in [1.165, 1.54) is 0 Å². The normalized spacial score (nSPS) is 27.2. The number of benzene rings is 1. The second-order valence-electron chi connectivity index (χ2n) is 6.83. The van der Waals surface area contributed by atoms with Crippen molar-refractivity contribution < 1.29 is 14.3 Å². The molecular weight excluding hydrogens is 338 g/mol. The minimum absolute atomic E-state index is 0.0220. The Kier molecular flexibility index (Phi) is 4.88. The van der Waals surface area contributed by atoms with E-state index in [-0.39, 0.29) is 11.9 Å². The number of nitrogens with one attached hydrogen (secondary N) is 1. The predicted octanol–water partition coefficient (Wildman–Crippen LogP) is 1.77. The Morgan fingerprint density at radius 1 is 1.44 bits per heavy atom. The lowest BCUT2D eigenvalue weighted by Crippen LogP contribution is -2.72. The van der Waals surface area contributed by atoms with Gasteiger partial charge in [0.2, 0.25) is 5.91 Å². The van der Waals surface area contributed by atoms with E-state index in [0.717, 1.165) is 17.7 Å². The number of nitrogens with zero attached hydrogens (tertiary/aromatic N) is 2. The van der Waals surface area contributed by atoms with E-state index < -0.39 is 11.6 Å². The lowest BCUT2D eigenvalue weighted by atomic mass is 9.78. The molecule has 3 unspecified atom stereocenters. The molecule has 1 aromatic rings. The molecule has 0 aliphatic carbocycles. The van der Waals surface area contributed by atoms with Gasteiger partial charge in [-0.2, -0.15) is 0 Å². The monoisotopic (exact) mass is 363 g/mol. The molecule has 25 heavy (non-hydrogen) atoms. The number of hydrogen-bond donors (Lipinski definition) is 1. The summed E-state index contributed by atoms with van der Waals surface area (Å²) in [4.78, 5) is 16.6. The third-order valence-corrected chi connectivity index (χ3v) is 5.32. The third-order valence-electron chi connectivity index (χ3n) is 4.98. The summed E-state index contributed by atoms with van der Waals surface area (Å²) in [6.07, 6.45) is 0.798. The van der Waals surface area contributed by atoms with Crippen LogP contribution in [0.4, 0.5) is 0 Å². The van der Waals surface area contributed by atoms with E-state index >= 15 is 0 Å². The molecule has 1 fully saturated rings. The molecule has 2 aliphatic heterocycles. The quantitative estimate of drug-likeness (QED) is 0.636. The molecule has 0 aromatic heterocycles. The zero-order valence-corrected chi connectivity index (χ0v) is 15.9. The molecule has 1 N–H and O–H groups in total. The SMILES string of the molecule is COCCCN1C(=S)NC2c3ccccc3OC1(C)C2C(=O)N(C)C. The number of amides is 1. The Hall–Kier alpha value is -1.86. The van der Waals surface area contributed by atoms with Crippen LogP contribution >= 0.6 is 12.2 Å². The molecule has 1 aromatic carbocycles. The van der Waals surface area contributed by atoms with Crippen molar-refractivity contribution in [3.05, 3.63) is 29.8 Å². The molecule has 136 valence electrons. The van der Waals surface area contributed by atoms with Gasteiger partial charge in [0, 0.05) is 39.9 Å². The molecule has 3 atom stereocenters. The largest absolute Gasteiger partial charge is 0.467 e. The topological polar surface area (TPSA) is 54.0 Å². The number of methoxy groups -OCH3 is 1. The van der Waals surface area contributed by atoms with Crippen LogP contribution in [0.2, 0.25) is 0 Å². The van der Waals surface area contributed by atoms with Gasteiger partial charge in [0.1, 0.15) is 11.7 Å². The second-order valence-corrected chi connectivity index (χ2v) is 7.22. The first-order chi connectivity index (χ1) is 11.9. The number of thiocarbonyl (C=S) groups is 1. The highest BCUT2D eigenvalue weighted by molar-refractivity contribution is 7.80. The fourth-order valence-electron chi connectivity index (χ4n) is 3.74. The van der Waals surface area contributed by atoms with Crippen LogP contribution in [0.15, 0.2) is 24.3 Å². The standard InChI is InChI=1S/C18H25N3O3S/c1-18-14(16(22)20(2)3)15(12-8-5-6-9-13(12)24-18)19-17(25)21(18)10-7-11-23-4/h5-6,8-9,14-15H,7,10-11H2,1-4H3,(H,19,25). The van der Waals surface area contributed by atoms with Gasteiger partial charge < -0.3 is 24.6 Å². The van der Waals surface area contributed by atoms with E-state index in [0.29, 0.717) is 18.3 Å². The van der Waals surface area contributed by atoms with Gasteiger partial charge in [0.25, 0.3) is 0 Å².